The Kier molecular flexibility index (Phi) is 4.39. The van der Waals surface area contributed by atoms with Crippen molar-refractivity contribution in [1.29, 1.82) is 0 Å². The molecule has 0 saturated heterocycles. The van der Waals surface area contributed by atoms with Gasteiger partial charge in [-0.1, -0.05) is 0 Å². The molecular weight excluding hydrogens is 274 g/mol. The van der Waals surface area contributed by atoms with E-state index in [1.54, 1.807) is 11.4 Å². The van der Waals surface area contributed by atoms with Gasteiger partial charge < -0.3 is 9.84 Å². The van der Waals surface area contributed by atoms with Crippen LogP contribution < -0.4 is 0 Å². The number of hydrogen-bond acceptors (Lipinski definition) is 5. The maximum Gasteiger partial charge on any atom is 0.253 e. The Hall–Kier alpha value is -0.470. The summed E-state index contributed by atoms with van der Waals surface area (Å²) in [6.07, 6.45) is -0.0811. The molecule has 1 aromatic heterocycles. The summed E-state index contributed by atoms with van der Waals surface area (Å²) in [6, 6.07) is 1.68. The molecule has 5 nitrogen and oxygen atoms in total. The molecule has 0 fully saturated rings. The van der Waals surface area contributed by atoms with Gasteiger partial charge in [-0.2, -0.15) is 4.31 Å². The largest absolute Gasteiger partial charge is 0.387 e. The topological polar surface area (TPSA) is 66.8 Å². The van der Waals surface area contributed by atoms with E-state index in [2.05, 4.69) is 0 Å². The molecule has 1 aliphatic rings. The molecular formula is C11H17NO4S2. The fourth-order valence-corrected chi connectivity index (χ4v) is 5.06. The van der Waals surface area contributed by atoms with E-state index >= 15 is 0 Å². The van der Waals surface area contributed by atoms with Gasteiger partial charge in [0.15, 0.2) is 0 Å². The number of nitrogens with zero attached hydrogens (tertiary/aromatic N) is 1. The van der Waals surface area contributed by atoms with Crippen molar-refractivity contribution in [1.82, 2.24) is 4.31 Å². The van der Waals surface area contributed by atoms with Gasteiger partial charge in [-0.3, -0.25) is 0 Å². The van der Waals surface area contributed by atoms with E-state index in [0.717, 1.165) is 11.3 Å². The SMILES string of the molecule is CCOCCCN1CC(O)c2ccsc2S1(=O)=O. The fourth-order valence-electron chi connectivity index (χ4n) is 1.97. The van der Waals surface area contributed by atoms with E-state index < -0.39 is 16.1 Å². The third-order valence-corrected chi connectivity index (χ3v) is 6.23. The summed E-state index contributed by atoms with van der Waals surface area (Å²) in [7, 11) is -3.42. The lowest BCUT2D eigenvalue weighted by Crippen LogP contribution is -2.39. The van der Waals surface area contributed by atoms with Crippen LogP contribution in [-0.4, -0.2) is 44.1 Å². The monoisotopic (exact) mass is 291 g/mol. The second-order valence-corrected chi connectivity index (χ2v) is 7.14. The molecule has 0 radical (unpaired) electrons. The number of aliphatic hydroxyl groups excluding tert-OH is 1. The number of β-amino-alcohol motifs (C(OH)–C–C–N with tert-alkyl or cyclic N) is 1. The number of thiophene rings is 1. The predicted molar refractivity (Wildman–Crippen MR) is 69.1 cm³/mol. The van der Waals surface area contributed by atoms with Crippen LogP contribution in [0.1, 0.15) is 25.0 Å². The summed E-state index contributed by atoms with van der Waals surface area (Å²) in [5.74, 6) is 0. The van der Waals surface area contributed by atoms with Crippen molar-refractivity contribution in [3.8, 4) is 0 Å². The Balaban J connectivity index is 2.10. The molecule has 102 valence electrons. The lowest BCUT2D eigenvalue weighted by Gasteiger charge is -2.29. The van der Waals surface area contributed by atoms with Gasteiger partial charge in [0.25, 0.3) is 10.0 Å². The Labute approximate surface area is 111 Å². The third-order valence-electron chi connectivity index (χ3n) is 2.87. The smallest absolute Gasteiger partial charge is 0.253 e. The van der Waals surface area contributed by atoms with Crippen LogP contribution in [0.15, 0.2) is 15.7 Å². The summed E-state index contributed by atoms with van der Waals surface area (Å²) in [4.78, 5) is 0. The summed E-state index contributed by atoms with van der Waals surface area (Å²) in [5, 5.41) is 11.6. The van der Waals surface area contributed by atoms with Crippen molar-refractivity contribution in [2.75, 3.05) is 26.3 Å². The molecule has 0 bridgehead atoms. The zero-order chi connectivity index (χ0) is 13.2. The highest BCUT2D eigenvalue weighted by molar-refractivity contribution is 7.91. The third kappa shape index (κ3) is 2.60. The summed E-state index contributed by atoms with van der Waals surface area (Å²) in [5.41, 5.74) is 0.529. The van der Waals surface area contributed by atoms with E-state index in [1.165, 1.54) is 4.31 Å². The first-order chi connectivity index (χ1) is 8.57. The van der Waals surface area contributed by atoms with Crippen LogP contribution in [0.2, 0.25) is 0 Å². The predicted octanol–water partition coefficient (Wildman–Crippen LogP) is 1.21. The number of hydrogen-bond donors (Lipinski definition) is 1. The lowest BCUT2D eigenvalue weighted by molar-refractivity contribution is 0.120. The Bertz CT molecular complexity index is 497. The van der Waals surface area contributed by atoms with Gasteiger partial charge >= 0.3 is 0 Å². The molecule has 7 heteroatoms. The highest BCUT2D eigenvalue weighted by Crippen LogP contribution is 2.35. The standard InChI is InChI=1S/C11H17NO4S2/c1-2-16-6-3-5-12-8-10(13)9-4-7-17-11(9)18(12,14)15/h4,7,10,13H,2-3,5-6,8H2,1H3. The average Bonchev–Trinajstić information content (AvgIpc) is 2.81. The first-order valence-electron chi connectivity index (χ1n) is 5.90. The van der Waals surface area contributed by atoms with Crippen LogP contribution in [0.5, 0.6) is 0 Å². The second kappa shape index (κ2) is 5.66. The first-order valence-corrected chi connectivity index (χ1v) is 8.22. The number of ether oxygens (including phenoxy) is 1. The minimum Gasteiger partial charge on any atom is -0.387 e. The fraction of sp³-hybridized carbons (Fsp3) is 0.636. The summed E-state index contributed by atoms with van der Waals surface area (Å²) >= 11 is 1.16. The minimum atomic E-state index is -3.42. The molecule has 2 rings (SSSR count). The maximum atomic E-state index is 12.3. The second-order valence-electron chi connectivity index (χ2n) is 4.09. The number of fused-ring (bicyclic) bond motifs is 1. The van der Waals surface area contributed by atoms with Gasteiger partial charge in [0, 0.05) is 31.9 Å². The van der Waals surface area contributed by atoms with E-state index in [4.69, 9.17) is 4.74 Å². The normalized spacial score (nSPS) is 22.9. The van der Waals surface area contributed by atoms with Crippen LogP contribution in [0.4, 0.5) is 0 Å². The van der Waals surface area contributed by atoms with Crippen molar-refractivity contribution in [3.63, 3.8) is 0 Å². The molecule has 18 heavy (non-hydrogen) atoms. The number of aliphatic hydroxyl groups is 1. The molecule has 0 aromatic carbocycles. The van der Waals surface area contributed by atoms with Gasteiger partial charge in [-0.25, -0.2) is 8.42 Å². The van der Waals surface area contributed by atoms with Gasteiger partial charge in [0.2, 0.25) is 0 Å². The molecule has 0 spiro atoms. The van der Waals surface area contributed by atoms with E-state index in [0.29, 0.717) is 31.7 Å². The number of sulfonamides is 1. The van der Waals surface area contributed by atoms with Gasteiger partial charge in [0.1, 0.15) is 4.21 Å². The van der Waals surface area contributed by atoms with Crippen LogP contribution >= 0.6 is 11.3 Å². The Morgan fingerprint density at radius 2 is 2.39 bits per heavy atom. The van der Waals surface area contributed by atoms with Crippen molar-refractivity contribution in [3.05, 3.63) is 17.0 Å². The van der Waals surface area contributed by atoms with Crippen molar-refractivity contribution in [2.45, 2.75) is 23.7 Å². The summed E-state index contributed by atoms with van der Waals surface area (Å²) < 4.78 is 31.3. The molecule has 1 aliphatic heterocycles. The molecule has 1 aromatic rings. The van der Waals surface area contributed by atoms with Crippen LogP contribution in [0.3, 0.4) is 0 Å². The van der Waals surface area contributed by atoms with E-state index in [1.807, 2.05) is 6.92 Å². The van der Waals surface area contributed by atoms with Crippen molar-refractivity contribution in [2.24, 2.45) is 0 Å². The molecule has 0 amide bonds. The highest BCUT2D eigenvalue weighted by atomic mass is 32.2. The quantitative estimate of drug-likeness (QED) is 0.828. The molecule has 1 atom stereocenters. The zero-order valence-corrected chi connectivity index (χ0v) is 11.8. The Morgan fingerprint density at radius 3 is 3.11 bits per heavy atom. The van der Waals surface area contributed by atoms with Crippen LogP contribution in [0, 0.1) is 0 Å². The Morgan fingerprint density at radius 1 is 1.61 bits per heavy atom. The molecule has 1 N–H and O–H groups in total. The molecule has 1 unspecified atom stereocenters. The van der Waals surface area contributed by atoms with Crippen molar-refractivity contribution < 1.29 is 18.3 Å². The van der Waals surface area contributed by atoms with Gasteiger partial charge in [-0.15, -0.1) is 11.3 Å². The number of rotatable bonds is 5. The van der Waals surface area contributed by atoms with Gasteiger partial charge in [0.05, 0.1) is 6.10 Å². The lowest BCUT2D eigenvalue weighted by atomic mass is 10.2. The van der Waals surface area contributed by atoms with Crippen molar-refractivity contribution >= 4 is 21.4 Å². The first kappa shape index (κ1) is 14.0. The van der Waals surface area contributed by atoms with Gasteiger partial charge in [-0.05, 0) is 24.8 Å². The van der Waals surface area contributed by atoms with Crippen LogP contribution in [-0.2, 0) is 14.8 Å². The summed E-state index contributed by atoms with van der Waals surface area (Å²) in [6.45, 7) is 3.59. The molecule has 0 aliphatic carbocycles. The minimum absolute atomic E-state index is 0.137. The van der Waals surface area contributed by atoms with E-state index in [9.17, 15) is 13.5 Å². The zero-order valence-electron chi connectivity index (χ0n) is 10.2. The average molecular weight is 291 g/mol. The molecule has 2 heterocycles. The van der Waals surface area contributed by atoms with Crippen LogP contribution in [0.25, 0.3) is 0 Å². The van der Waals surface area contributed by atoms with E-state index in [-0.39, 0.29) is 10.8 Å². The highest BCUT2D eigenvalue weighted by Gasteiger charge is 2.36. The maximum absolute atomic E-state index is 12.3. The molecule has 0 saturated carbocycles.